The highest BCUT2D eigenvalue weighted by molar-refractivity contribution is 8.03. The predicted molar refractivity (Wildman–Crippen MR) is 77.4 cm³/mol. The molecule has 1 aliphatic rings. The normalized spacial score (nSPS) is 17.1. The van der Waals surface area contributed by atoms with E-state index in [1.165, 1.54) is 11.8 Å². The number of nitrogens with zero attached hydrogens (tertiary/aromatic N) is 3. The molecule has 0 aromatic carbocycles. The van der Waals surface area contributed by atoms with Crippen molar-refractivity contribution in [2.75, 3.05) is 25.1 Å². The molecule has 0 atom stereocenters. The number of likely N-dealkylation sites (tertiary alicyclic amines) is 1. The molecule has 1 aromatic heterocycles. The van der Waals surface area contributed by atoms with E-state index in [0.717, 1.165) is 40.5 Å². The zero-order valence-corrected chi connectivity index (χ0v) is 13.0. The summed E-state index contributed by atoms with van der Waals surface area (Å²) in [5.41, 5.74) is 0. The number of carbonyl (C=O) groups is 1. The molecule has 2 rings (SSSR count). The Hall–Kier alpha value is -0.270. The summed E-state index contributed by atoms with van der Waals surface area (Å²) in [5.74, 6) is 1.47. The molecule has 1 saturated heterocycles. The monoisotopic (exact) mass is 303 g/mol. The molecule has 1 aromatic rings. The maximum Gasteiger partial charge on any atom is 0.233 e. The lowest BCUT2D eigenvalue weighted by molar-refractivity contribution is -0.129. The van der Waals surface area contributed by atoms with Crippen LogP contribution in [0.15, 0.2) is 8.68 Å². The van der Waals surface area contributed by atoms with Gasteiger partial charge in [0.15, 0.2) is 8.68 Å². The van der Waals surface area contributed by atoms with Crippen LogP contribution in [0.2, 0.25) is 0 Å². The van der Waals surface area contributed by atoms with E-state index in [4.69, 9.17) is 0 Å². The second-order valence-electron chi connectivity index (χ2n) is 4.39. The Labute approximate surface area is 120 Å². The van der Waals surface area contributed by atoms with Gasteiger partial charge in [-0.1, -0.05) is 41.8 Å². The zero-order valence-electron chi connectivity index (χ0n) is 10.6. The first-order valence-corrected chi connectivity index (χ1v) is 9.00. The molecule has 1 aliphatic heterocycles. The topological polar surface area (TPSA) is 46.1 Å². The molecular weight excluding hydrogens is 286 g/mol. The fraction of sp³-hybridized carbons (Fsp3) is 0.727. The summed E-state index contributed by atoms with van der Waals surface area (Å²) in [5, 5.41) is 8.08. The molecule has 0 radical (unpaired) electrons. The van der Waals surface area contributed by atoms with E-state index >= 15 is 0 Å². The van der Waals surface area contributed by atoms with Crippen molar-refractivity contribution in [3.05, 3.63) is 0 Å². The van der Waals surface area contributed by atoms with E-state index in [-0.39, 0.29) is 5.91 Å². The van der Waals surface area contributed by atoms with Gasteiger partial charge in [0.05, 0.1) is 5.75 Å². The van der Waals surface area contributed by atoms with E-state index in [2.05, 4.69) is 17.1 Å². The van der Waals surface area contributed by atoms with Crippen molar-refractivity contribution in [2.45, 2.75) is 28.4 Å². The molecule has 0 aliphatic carbocycles. The van der Waals surface area contributed by atoms with Crippen LogP contribution in [0, 0.1) is 5.92 Å². The summed E-state index contributed by atoms with van der Waals surface area (Å²) in [6.07, 6.45) is 4.24. The SMILES string of the molecule is CSc1nnc(SCC(=O)N2CCC(C)CC2)s1. The number of hydrogen-bond donors (Lipinski definition) is 0. The summed E-state index contributed by atoms with van der Waals surface area (Å²) in [7, 11) is 0. The third-order valence-corrected chi connectivity index (χ3v) is 6.03. The molecule has 1 fully saturated rings. The Morgan fingerprint density at radius 1 is 1.39 bits per heavy atom. The minimum Gasteiger partial charge on any atom is -0.342 e. The molecule has 2 heterocycles. The second-order valence-corrected chi connectivity index (χ2v) is 7.64. The molecule has 1 amide bonds. The van der Waals surface area contributed by atoms with Crippen LogP contribution >= 0.6 is 34.9 Å². The van der Waals surface area contributed by atoms with Gasteiger partial charge in [0.2, 0.25) is 5.91 Å². The van der Waals surface area contributed by atoms with Crippen LogP contribution < -0.4 is 0 Å². The van der Waals surface area contributed by atoms with Crippen LogP contribution in [0.25, 0.3) is 0 Å². The first-order valence-electron chi connectivity index (χ1n) is 5.97. The van der Waals surface area contributed by atoms with Crippen molar-refractivity contribution < 1.29 is 4.79 Å². The first kappa shape index (κ1) is 14.1. The summed E-state index contributed by atoms with van der Waals surface area (Å²) in [6.45, 7) is 4.07. The molecule has 0 spiro atoms. The van der Waals surface area contributed by atoms with E-state index in [9.17, 15) is 4.79 Å². The molecule has 0 saturated carbocycles. The minimum absolute atomic E-state index is 0.229. The quantitative estimate of drug-likeness (QED) is 0.800. The maximum atomic E-state index is 12.0. The molecular formula is C11H17N3OS3. The van der Waals surface area contributed by atoms with Gasteiger partial charge in [0.1, 0.15) is 0 Å². The third-order valence-electron chi connectivity index (χ3n) is 3.02. The van der Waals surface area contributed by atoms with Gasteiger partial charge in [0.25, 0.3) is 0 Å². The Morgan fingerprint density at radius 2 is 2.06 bits per heavy atom. The predicted octanol–water partition coefficient (Wildman–Crippen LogP) is 2.61. The number of rotatable bonds is 4. The minimum atomic E-state index is 0.229. The standard InChI is InChI=1S/C11H17N3OS3/c1-8-3-5-14(6-4-8)9(15)7-17-11-13-12-10(16-2)18-11/h8H,3-7H2,1-2H3. The van der Waals surface area contributed by atoms with E-state index in [1.54, 1.807) is 23.1 Å². The Bertz CT molecular complexity index is 402. The first-order chi connectivity index (χ1) is 8.69. The number of carbonyl (C=O) groups excluding carboxylic acids is 1. The lowest BCUT2D eigenvalue weighted by Crippen LogP contribution is -2.38. The third kappa shape index (κ3) is 3.86. The van der Waals surface area contributed by atoms with Crippen LogP contribution in [0.3, 0.4) is 0 Å². The molecule has 4 nitrogen and oxygen atoms in total. The van der Waals surface area contributed by atoms with Gasteiger partial charge in [0, 0.05) is 13.1 Å². The van der Waals surface area contributed by atoms with Crippen LogP contribution in [-0.4, -0.2) is 46.1 Å². The second kappa shape index (κ2) is 6.77. The Kier molecular flexibility index (Phi) is 5.32. The van der Waals surface area contributed by atoms with Crippen LogP contribution in [0.4, 0.5) is 0 Å². The lowest BCUT2D eigenvalue weighted by Gasteiger charge is -2.30. The van der Waals surface area contributed by atoms with Gasteiger partial charge < -0.3 is 4.90 Å². The average molecular weight is 303 g/mol. The number of hydrogen-bond acceptors (Lipinski definition) is 6. The summed E-state index contributed by atoms with van der Waals surface area (Å²) in [6, 6.07) is 0. The van der Waals surface area contributed by atoms with E-state index in [1.807, 2.05) is 11.2 Å². The average Bonchev–Trinajstić information content (AvgIpc) is 2.85. The van der Waals surface area contributed by atoms with Crippen LogP contribution in [-0.2, 0) is 4.79 Å². The van der Waals surface area contributed by atoms with Crippen molar-refractivity contribution >= 4 is 40.8 Å². The fourth-order valence-corrected chi connectivity index (χ4v) is 4.15. The summed E-state index contributed by atoms with van der Waals surface area (Å²) < 4.78 is 1.84. The van der Waals surface area contributed by atoms with Crippen LogP contribution in [0.5, 0.6) is 0 Å². The molecule has 18 heavy (non-hydrogen) atoms. The van der Waals surface area contributed by atoms with Crippen LogP contribution in [0.1, 0.15) is 19.8 Å². The molecule has 7 heteroatoms. The zero-order chi connectivity index (χ0) is 13.0. The van der Waals surface area contributed by atoms with Gasteiger partial charge in [-0.05, 0) is 25.0 Å². The number of piperidine rings is 1. The maximum absolute atomic E-state index is 12.0. The van der Waals surface area contributed by atoms with Crippen molar-refractivity contribution in [1.82, 2.24) is 15.1 Å². The summed E-state index contributed by atoms with van der Waals surface area (Å²) in [4.78, 5) is 14.0. The van der Waals surface area contributed by atoms with Crippen molar-refractivity contribution in [1.29, 1.82) is 0 Å². The van der Waals surface area contributed by atoms with Gasteiger partial charge in [-0.2, -0.15) is 0 Å². The van der Waals surface area contributed by atoms with E-state index < -0.39 is 0 Å². The molecule has 0 unspecified atom stereocenters. The summed E-state index contributed by atoms with van der Waals surface area (Å²) >= 11 is 4.64. The largest absolute Gasteiger partial charge is 0.342 e. The lowest BCUT2D eigenvalue weighted by atomic mass is 9.99. The highest BCUT2D eigenvalue weighted by Crippen LogP contribution is 2.27. The highest BCUT2D eigenvalue weighted by atomic mass is 32.2. The fourth-order valence-electron chi connectivity index (χ4n) is 1.81. The van der Waals surface area contributed by atoms with Crippen molar-refractivity contribution in [2.24, 2.45) is 5.92 Å². The Morgan fingerprint density at radius 3 is 2.67 bits per heavy atom. The molecule has 100 valence electrons. The van der Waals surface area contributed by atoms with Crippen molar-refractivity contribution in [3.63, 3.8) is 0 Å². The number of thioether (sulfide) groups is 2. The van der Waals surface area contributed by atoms with E-state index in [0.29, 0.717) is 5.75 Å². The van der Waals surface area contributed by atoms with Gasteiger partial charge in [-0.25, -0.2) is 0 Å². The van der Waals surface area contributed by atoms with Gasteiger partial charge >= 0.3 is 0 Å². The Balaban J connectivity index is 1.77. The van der Waals surface area contributed by atoms with Crippen molar-refractivity contribution in [3.8, 4) is 0 Å². The highest BCUT2D eigenvalue weighted by Gasteiger charge is 2.20. The number of amides is 1. The molecule has 0 bridgehead atoms. The number of aromatic nitrogens is 2. The molecule has 0 N–H and O–H groups in total. The van der Waals surface area contributed by atoms with Gasteiger partial charge in [-0.15, -0.1) is 10.2 Å². The van der Waals surface area contributed by atoms with Gasteiger partial charge in [-0.3, -0.25) is 4.79 Å². The smallest absolute Gasteiger partial charge is 0.233 e.